The molecule has 0 saturated carbocycles. The molecular formula is C28H35N2O4SSe2+. The molecule has 0 bridgehead atoms. The minimum atomic E-state index is -3.99. The molecule has 9 heteroatoms. The van der Waals surface area contributed by atoms with E-state index in [0.29, 0.717) is 13.0 Å². The zero-order chi connectivity index (χ0) is 26.9. The third-order valence-electron chi connectivity index (χ3n) is 6.72. The Kier molecular flexibility index (Phi) is 8.74. The second-order valence-corrected chi connectivity index (χ2v) is 15.4. The van der Waals surface area contributed by atoms with Crippen molar-refractivity contribution in [3.63, 3.8) is 0 Å². The summed E-state index contributed by atoms with van der Waals surface area (Å²) in [7, 11) is -2.30. The van der Waals surface area contributed by atoms with E-state index in [1.807, 2.05) is 6.92 Å². The van der Waals surface area contributed by atoms with Gasteiger partial charge in [0.2, 0.25) is 0 Å². The van der Waals surface area contributed by atoms with Crippen LogP contribution in [0.15, 0.2) is 40.5 Å². The molecule has 0 atom stereocenters. The maximum absolute atomic E-state index is 11.4. The summed E-state index contributed by atoms with van der Waals surface area (Å²) in [5.74, 6) is 0.630. The Labute approximate surface area is 232 Å². The quantitative estimate of drug-likeness (QED) is 0.216. The average molecular weight is 654 g/mol. The molecule has 1 aromatic heterocycles. The molecule has 198 valence electrons. The van der Waals surface area contributed by atoms with Gasteiger partial charge in [0.15, 0.2) is 0 Å². The number of benzene rings is 2. The molecule has 6 nitrogen and oxygen atoms in total. The monoisotopic (exact) mass is 655 g/mol. The fourth-order valence-corrected chi connectivity index (χ4v) is 10.2. The zero-order valence-electron chi connectivity index (χ0n) is 22.3. The zero-order valence-corrected chi connectivity index (χ0v) is 26.5. The third kappa shape index (κ3) is 6.25. The number of nitrogens with zero attached hydrogens (tertiary/aromatic N) is 2. The fraction of sp³-hybridized carbons (Fsp3) is 0.393. The first-order valence-corrected chi connectivity index (χ1v) is 17.5. The Morgan fingerprint density at radius 2 is 1.84 bits per heavy atom. The molecule has 3 aromatic rings. The van der Waals surface area contributed by atoms with Crippen LogP contribution >= 0.6 is 0 Å². The molecule has 1 aliphatic heterocycles. The fourth-order valence-electron chi connectivity index (χ4n) is 4.55. The van der Waals surface area contributed by atoms with Gasteiger partial charge in [0.25, 0.3) is 0 Å². The number of ether oxygens (including phenoxy) is 1. The first-order valence-electron chi connectivity index (χ1n) is 12.5. The molecular weight excluding hydrogens is 618 g/mol. The summed E-state index contributed by atoms with van der Waals surface area (Å²) < 4.78 is 45.1. The average Bonchev–Trinajstić information content (AvgIpc) is 3.33. The number of allylic oxidation sites excluding steroid dienone is 2. The van der Waals surface area contributed by atoms with E-state index in [4.69, 9.17) is 4.74 Å². The van der Waals surface area contributed by atoms with Crippen LogP contribution in [0.2, 0.25) is 0 Å². The molecule has 0 saturated heterocycles. The molecule has 0 fully saturated rings. The van der Waals surface area contributed by atoms with Gasteiger partial charge in [0.05, 0.1) is 0 Å². The van der Waals surface area contributed by atoms with Crippen LogP contribution in [0, 0.1) is 20.8 Å². The molecule has 2 aromatic carbocycles. The first kappa shape index (κ1) is 28.2. The van der Waals surface area contributed by atoms with Crippen LogP contribution in [0.4, 0.5) is 5.69 Å². The molecule has 4 rings (SSSR count). The Balaban J connectivity index is 1.76. The summed E-state index contributed by atoms with van der Waals surface area (Å²) >= 11 is 0.321. The van der Waals surface area contributed by atoms with Crippen molar-refractivity contribution in [3.05, 3.63) is 61.8 Å². The van der Waals surface area contributed by atoms with Crippen LogP contribution in [0.25, 0.3) is 15.9 Å². The van der Waals surface area contributed by atoms with Gasteiger partial charge >= 0.3 is 234 Å². The molecule has 0 unspecified atom stereocenters. The second-order valence-electron chi connectivity index (χ2n) is 9.33. The maximum atomic E-state index is 11.4. The van der Waals surface area contributed by atoms with Crippen molar-refractivity contribution in [2.45, 2.75) is 54.0 Å². The number of rotatable bonds is 9. The van der Waals surface area contributed by atoms with Crippen LogP contribution in [0.1, 0.15) is 47.9 Å². The summed E-state index contributed by atoms with van der Waals surface area (Å²) in [5.41, 5.74) is 7.44. The molecule has 0 amide bonds. The molecule has 0 spiro atoms. The Bertz CT molecular complexity index is 1510. The van der Waals surface area contributed by atoms with Gasteiger partial charge in [-0.3, -0.25) is 0 Å². The number of methoxy groups -OCH3 is 1. The van der Waals surface area contributed by atoms with E-state index in [1.165, 1.54) is 40.3 Å². The molecule has 1 N–H and O–H groups in total. The number of aromatic nitrogens is 1. The molecule has 0 radical (unpaired) electrons. The van der Waals surface area contributed by atoms with Crippen LogP contribution in [-0.2, 0) is 16.7 Å². The normalized spacial score (nSPS) is 15.2. The summed E-state index contributed by atoms with van der Waals surface area (Å²) in [5, 5.41) is 0. The van der Waals surface area contributed by atoms with E-state index in [9.17, 15) is 13.0 Å². The standard InChI is InChI=1S/C28H34N2O4SSe2/c1-7-21(15-27-29(8-2)22-12-18(3)19(4)14-25(22)36-27)16-28-30(10-9-11-35(31,32)33)23-13-20(5)24(34-6)17-26(23)37-28/h12-17H,7-11H2,1-6H3/p+1. The molecule has 37 heavy (non-hydrogen) atoms. The second kappa shape index (κ2) is 11.5. The van der Waals surface area contributed by atoms with Gasteiger partial charge in [0, 0.05) is 0 Å². The van der Waals surface area contributed by atoms with Crippen molar-refractivity contribution in [1.82, 2.24) is 0 Å². The number of hydrogen-bond donors (Lipinski definition) is 1. The third-order valence-corrected chi connectivity index (χ3v) is 12.1. The first-order chi connectivity index (χ1) is 17.5. The SMILES string of the molecule is CCC(=Cc1[se]c2cc(OC)c(C)cc2[n+]1CCCS(=O)(=O)O)C=C1[Se]c2cc(C)c(C)cc2N1CC. The summed E-state index contributed by atoms with van der Waals surface area (Å²) in [6.45, 7) is 12.3. The number of anilines is 1. The van der Waals surface area contributed by atoms with Crippen molar-refractivity contribution < 1.29 is 22.3 Å². The number of aryl methyl sites for hydroxylation is 4. The van der Waals surface area contributed by atoms with Crippen LogP contribution in [0.3, 0.4) is 0 Å². The van der Waals surface area contributed by atoms with Gasteiger partial charge in [0.1, 0.15) is 0 Å². The van der Waals surface area contributed by atoms with Gasteiger partial charge in [-0.1, -0.05) is 0 Å². The summed E-state index contributed by atoms with van der Waals surface area (Å²) in [4.78, 5) is 2.45. The predicted octanol–water partition coefficient (Wildman–Crippen LogP) is 3.90. The van der Waals surface area contributed by atoms with Crippen molar-refractivity contribution in [1.29, 1.82) is 0 Å². The number of hydrogen-bond acceptors (Lipinski definition) is 4. The van der Waals surface area contributed by atoms with Gasteiger partial charge in [-0.25, -0.2) is 0 Å². The van der Waals surface area contributed by atoms with Gasteiger partial charge < -0.3 is 0 Å². The van der Waals surface area contributed by atoms with Gasteiger partial charge in [-0.15, -0.1) is 0 Å². The summed E-state index contributed by atoms with van der Waals surface area (Å²) in [6.07, 6.45) is 5.93. The minimum absolute atomic E-state index is 0.0653. The molecule has 0 aliphatic carbocycles. The Hall–Kier alpha value is -1.86. The van der Waals surface area contributed by atoms with Crippen molar-refractivity contribution in [3.8, 4) is 5.75 Å². The van der Waals surface area contributed by atoms with Crippen molar-refractivity contribution in [2.75, 3.05) is 24.3 Å². The van der Waals surface area contributed by atoms with E-state index >= 15 is 0 Å². The van der Waals surface area contributed by atoms with E-state index in [1.54, 1.807) is 7.11 Å². The molecule has 1 aliphatic rings. The molecule has 2 heterocycles. The Morgan fingerprint density at radius 1 is 1.11 bits per heavy atom. The van der Waals surface area contributed by atoms with Crippen LogP contribution in [-0.4, -0.2) is 61.8 Å². The van der Waals surface area contributed by atoms with Gasteiger partial charge in [-0.05, 0) is 0 Å². The van der Waals surface area contributed by atoms with E-state index < -0.39 is 10.1 Å². The summed E-state index contributed by atoms with van der Waals surface area (Å²) in [6, 6.07) is 8.92. The predicted molar refractivity (Wildman–Crippen MR) is 154 cm³/mol. The Morgan fingerprint density at radius 3 is 2.49 bits per heavy atom. The van der Waals surface area contributed by atoms with Crippen LogP contribution in [0.5, 0.6) is 5.75 Å². The van der Waals surface area contributed by atoms with Crippen molar-refractivity contribution >= 4 is 65.6 Å². The van der Waals surface area contributed by atoms with E-state index in [-0.39, 0.29) is 35.2 Å². The number of fused-ring (bicyclic) bond motifs is 2. The van der Waals surface area contributed by atoms with E-state index in [0.717, 1.165) is 29.8 Å². The van der Waals surface area contributed by atoms with Gasteiger partial charge in [-0.2, -0.15) is 0 Å². The van der Waals surface area contributed by atoms with E-state index in [2.05, 4.69) is 73.6 Å². The van der Waals surface area contributed by atoms with Crippen molar-refractivity contribution in [2.24, 2.45) is 0 Å². The topological polar surface area (TPSA) is 70.7 Å². The van der Waals surface area contributed by atoms with Crippen LogP contribution < -0.4 is 18.7 Å².